The Hall–Kier alpha value is 0.330. The molecule has 0 heterocycles. The van der Waals surface area contributed by atoms with E-state index in [-0.39, 0.29) is 0 Å². The topological polar surface area (TPSA) is 9.23 Å². The van der Waals surface area contributed by atoms with Gasteiger partial charge >= 0.3 is 6.11 Å². The molecule has 0 aliphatic carbocycles. The van der Waals surface area contributed by atoms with E-state index in [0.717, 1.165) is 6.92 Å². The van der Waals surface area contributed by atoms with Gasteiger partial charge in [-0.1, -0.05) is 23.2 Å². The molecule has 0 aromatic rings. The number of hydrogen-bond acceptors (Lipinski definition) is 1. The summed E-state index contributed by atoms with van der Waals surface area (Å²) in [6.07, 6.45) is -5.91. The summed E-state index contributed by atoms with van der Waals surface area (Å²) in [5.41, 5.74) is 0. The van der Waals surface area contributed by atoms with Crippen LogP contribution in [0.2, 0.25) is 0 Å². The lowest BCUT2D eigenvalue weighted by atomic mass is 10.7. The molecule has 0 aliphatic heterocycles. The third kappa shape index (κ3) is 3.49. The SMILES string of the molecule is CC(F)OC(F)(F)C(Cl)Cl. The molecule has 0 radical (unpaired) electrons. The Morgan fingerprint density at radius 1 is 1.40 bits per heavy atom. The van der Waals surface area contributed by atoms with Crippen LogP contribution in [0.3, 0.4) is 0 Å². The van der Waals surface area contributed by atoms with Gasteiger partial charge in [0.25, 0.3) is 0 Å². The minimum atomic E-state index is -3.82. The van der Waals surface area contributed by atoms with Gasteiger partial charge in [0, 0.05) is 0 Å². The van der Waals surface area contributed by atoms with E-state index in [1.165, 1.54) is 0 Å². The molecule has 0 spiro atoms. The molecule has 10 heavy (non-hydrogen) atoms. The Morgan fingerprint density at radius 3 is 1.90 bits per heavy atom. The van der Waals surface area contributed by atoms with E-state index in [4.69, 9.17) is 23.2 Å². The maximum atomic E-state index is 12.1. The number of hydrogen-bond donors (Lipinski definition) is 0. The first-order chi connectivity index (χ1) is 4.36. The molecule has 0 rings (SSSR count). The molecule has 0 amide bonds. The Balaban J connectivity index is 3.87. The Morgan fingerprint density at radius 2 is 1.80 bits per heavy atom. The summed E-state index contributed by atoms with van der Waals surface area (Å²) in [5.74, 6) is 0. The van der Waals surface area contributed by atoms with Crippen LogP contribution in [0.1, 0.15) is 6.92 Å². The highest BCUT2D eigenvalue weighted by atomic mass is 35.5. The molecule has 0 saturated carbocycles. The van der Waals surface area contributed by atoms with Crippen molar-refractivity contribution in [2.75, 3.05) is 0 Å². The van der Waals surface area contributed by atoms with Crippen LogP contribution in [0.25, 0.3) is 0 Å². The Labute approximate surface area is 66.1 Å². The average Bonchev–Trinajstić information content (AvgIpc) is 1.60. The van der Waals surface area contributed by atoms with Gasteiger partial charge < -0.3 is 0 Å². The van der Waals surface area contributed by atoms with Crippen molar-refractivity contribution in [3.05, 3.63) is 0 Å². The first-order valence-corrected chi connectivity index (χ1v) is 3.21. The molecule has 1 nitrogen and oxygen atoms in total. The standard InChI is InChI=1S/C4H5Cl2F3O/c1-2(7)10-4(8,9)3(5)6/h2-3H,1H3. The monoisotopic (exact) mass is 196 g/mol. The molecule has 6 heteroatoms. The molecule has 62 valence electrons. The molecule has 0 aromatic heterocycles. The second-order valence-electron chi connectivity index (χ2n) is 1.52. The van der Waals surface area contributed by atoms with E-state index >= 15 is 0 Å². The molecule has 0 N–H and O–H groups in total. The van der Waals surface area contributed by atoms with E-state index in [9.17, 15) is 13.2 Å². The van der Waals surface area contributed by atoms with Gasteiger partial charge in [0.1, 0.15) is 0 Å². The third-order valence-corrected chi connectivity index (χ3v) is 1.08. The highest BCUT2D eigenvalue weighted by molar-refractivity contribution is 6.44. The van der Waals surface area contributed by atoms with Gasteiger partial charge in [-0.05, 0) is 6.92 Å². The number of alkyl halides is 5. The van der Waals surface area contributed by atoms with Crippen LogP contribution in [0.15, 0.2) is 0 Å². The van der Waals surface area contributed by atoms with Crippen molar-refractivity contribution in [3.8, 4) is 0 Å². The highest BCUT2D eigenvalue weighted by Gasteiger charge is 2.40. The molecule has 0 bridgehead atoms. The quantitative estimate of drug-likeness (QED) is 0.632. The van der Waals surface area contributed by atoms with Crippen molar-refractivity contribution in [2.45, 2.75) is 24.2 Å². The molecule has 0 aromatic carbocycles. The highest BCUT2D eigenvalue weighted by Crippen LogP contribution is 2.29. The lowest BCUT2D eigenvalue weighted by molar-refractivity contribution is -0.274. The smallest absolute Gasteiger partial charge is 0.284 e. The fourth-order valence-electron chi connectivity index (χ4n) is 0.268. The fourth-order valence-corrected chi connectivity index (χ4v) is 0.371. The lowest BCUT2D eigenvalue weighted by Gasteiger charge is -2.17. The molecule has 1 atom stereocenters. The average molecular weight is 197 g/mol. The van der Waals surface area contributed by atoms with Gasteiger partial charge in [0.2, 0.25) is 6.36 Å². The Kier molecular flexibility index (Phi) is 3.76. The van der Waals surface area contributed by atoms with Gasteiger partial charge in [-0.15, -0.1) is 0 Å². The van der Waals surface area contributed by atoms with Gasteiger partial charge in [-0.25, -0.2) is 4.39 Å². The summed E-state index contributed by atoms with van der Waals surface area (Å²) >= 11 is 9.47. The van der Waals surface area contributed by atoms with Gasteiger partial charge in [-0.2, -0.15) is 8.78 Å². The van der Waals surface area contributed by atoms with Crippen LogP contribution in [-0.4, -0.2) is 17.3 Å². The first-order valence-electron chi connectivity index (χ1n) is 2.34. The number of ether oxygens (including phenoxy) is 1. The van der Waals surface area contributed by atoms with Gasteiger partial charge in [-0.3, -0.25) is 4.74 Å². The maximum absolute atomic E-state index is 12.1. The summed E-state index contributed by atoms with van der Waals surface area (Å²) in [7, 11) is 0. The minimum Gasteiger partial charge on any atom is -0.284 e. The summed E-state index contributed by atoms with van der Waals surface area (Å²) in [5, 5.41) is 0. The molecule has 0 fully saturated rings. The van der Waals surface area contributed by atoms with Crippen LogP contribution in [-0.2, 0) is 4.74 Å². The fraction of sp³-hybridized carbons (Fsp3) is 1.00. The molecule has 0 aliphatic rings. The molecular formula is C4H5Cl2F3O. The van der Waals surface area contributed by atoms with Crippen molar-refractivity contribution >= 4 is 23.2 Å². The second-order valence-corrected chi connectivity index (χ2v) is 2.62. The van der Waals surface area contributed by atoms with Crippen LogP contribution < -0.4 is 0 Å². The second kappa shape index (κ2) is 3.64. The van der Waals surface area contributed by atoms with E-state index in [2.05, 4.69) is 4.74 Å². The summed E-state index contributed by atoms with van der Waals surface area (Å²) in [4.78, 5) is -2.05. The summed E-state index contributed by atoms with van der Waals surface area (Å²) in [6, 6.07) is 0. The largest absolute Gasteiger partial charge is 0.388 e. The summed E-state index contributed by atoms with van der Waals surface area (Å²) < 4.78 is 39.3. The van der Waals surface area contributed by atoms with E-state index in [1.54, 1.807) is 0 Å². The predicted molar refractivity (Wildman–Crippen MR) is 32.1 cm³/mol. The number of halogens is 5. The lowest BCUT2D eigenvalue weighted by Crippen LogP contribution is -2.31. The van der Waals surface area contributed by atoms with Crippen molar-refractivity contribution < 1.29 is 17.9 Å². The molecular weight excluding hydrogens is 192 g/mol. The van der Waals surface area contributed by atoms with Crippen molar-refractivity contribution in [1.82, 2.24) is 0 Å². The van der Waals surface area contributed by atoms with Crippen molar-refractivity contribution in [3.63, 3.8) is 0 Å². The Bertz CT molecular complexity index is 107. The maximum Gasteiger partial charge on any atom is 0.388 e. The molecule has 0 saturated heterocycles. The summed E-state index contributed by atoms with van der Waals surface area (Å²) in [6.45, 7) is 0.810. The van der Waals surface area contributed by atoms with Crippen molar-refractivity contribution in [2.24, 2.45) is 0 Å². The number of rotatable bonds is 3. The van der Waals surface area contributed by atoms with E-state index in [1.807, 2.05) is 0 Å². The van der Waals surface area contributed by atoms with Gasteiger partial charge in [0.15, 0.2) is 4.84 Å². The van der Waals surface area contributed by atoms with Gasteiger partial charge in [0.05, 0.1) is 0 Å². The zero-order valence-electron chi connectivity index (χ0n) is 4.95. The first kappa shape index (κ1) is 10.3. The third-order valence-electron chi connectivity index (χ3n) is 0.574. The van der Waals surface area contributed by atoms with Crippen LogP contribution in [0.4, 0.5) is 13.2 Å². The normalized spacial score (nSPS) is 15.9. The minimum absolute atomic E-state index is 0.810. The van der Waals surface area contributed by atoms with Crippen molar-refractivity contribution in [1.29, 1.82) is 0 Å². The predicted octanol–water partition coefficient (Wildman–Crippen LogP) is 2.72. The van der Waals surface area contributed by atoms with E-state index < -0.39 is 17.3 Å². The van der Waals surface area contributed by atoms with E-state index in [0.29, 0.717) is 0 Å². The van der Waals surface area contributed by atoms with Crippen LogP contribution in [0, 0.1) is 0 Å². The molecule has 1 unspecified atom stereocenters. The zero-order valence-corrected chi connectivity index (χ0v) is 6.46. The van der Waals surface area contributed by atoms with Crippen LogP contribution >= 0.6 is 23.2 Å². The van der Waals surface area contributed by atoms with Crippen LogP contribution in [0.5, 0.6) is 0 Å². The zero-order chi connectivity index (χ0) is 8.36.